The van der Waals surface area contributed by atoms with Crippen LogP contribution in [0.4, 0.5) is 10.5 Å². The number of anilines is 1. The average Bonchev–Trinajstić information content (AvgIpc) is 2.79. The first-order valence-corrected chi connectivity index (χ1v) is 7.80. The molecule has 1 atom stereocenters. The summed E-state index contributed by atoms with van der Waals surface area (Å²) in [5, 5.41) is 0.933. The van der Waals surface area contributed by atoms with Gasteiger partial charge in [0, 0.05) is 5.69 Å². The maximum atomic E-state index is 11.9. The molecule has 1 aromatic carbocycles. The number of hydrogen-bond donors (Lipinski definition) is 0. The summed E-state index contributed by atoms with van der Waals surface area (Å²) in [6.07, 6.45) is 5.33. The van der Waals surface area contributed by atoms with Crippen LogP contribution < -0.4 is 4.90 Å². The predicted molar refractivity (Wildman–Crippen MR) is 82.8 cm³/mol. The standard InChI is InChI=1S/C15H19Cl2NO2/c1-2-3-4-5-6-12-10-18(15(19)20-12)11-7-8-13(16)14(17)9-11/h7-9,12H,2-6,10H2,1H3. The van der Waals surface area contributed by atoms with E-state index < -0.39 is 0 Å². The molecule has 1 aromatic rings. The highest BCUT2D eigenvalue weighted by atomic mass is 35.5. The zero-order valence-electron chi connectivity index (χ0n) is 11.6. The number of carbonyl (C=O) groups excluding carboxylic acids is 1. The molecule has 3 nitrogen and oxygen atoms in total. The Morgan fingerprint density at radius 3 is 2.75 bits per heavy atom. The highest BCUT2D eigenvalue weighted by Crippen LogP contribution is 2.30. The highest BCUT2D eigenvalue weighted by molar-refractivity contribution is 6.42. The van der Waals surface area contributed by atoms with E-state index in [1.54, 1.807) is 23.1 Å². The normalized spacial score (nSPS) is 18.4. The summed E-state index contributed by atoms with van der Waals surface area (Å²) >= 11 is 11.9. The van der Waals surface area contributed by atoms with Crippen LogP contribution in [0, 0.1) is 0 Å². The maximum absolute atomic E-state index is 11.9. The third kappa shape index (κ3) is 3.80. The van der Waals surface area contributed by atoms with E-state index in [1.165, 1.54) is 19.3 Å². The number of amides is 1. The molecule has 1 aliphatic rings. The number of rotatable bonds is 6. The van der Waals surface area contributed by atoms with Crippen LogP contribution in [0.3, 0.4) is 0 Å². The van der Waals surface area contributed by atoms with Crippen LogP contribution in [0.25, 0.3) is 0 Å². The van der Waals surface area contributed by atoms with Crippen LogP contribution in [0.5, 0.6) is 0 Å². The molecule has 1 aliphatic heterocycles. The number of benzene rings is 1. The molecular formula is C15H19Cl2NO2. The summed E-state index contributed by atoms with van der Waals surface area (Å²) in [7, 11) is 0. The van der Waals surface area contributed by atoms with Crippen molar-refractivity contribution in [3.63, 3.8) is 0 Å². The van der Waals surface area contributed by atoms with Gasteiger partial charge in [0.05, 0.1) is 16.6 Å². The summed E-state index contributed by atoms with van der Waals surface area (Å²) in [5.74, 6) is 0. The van der Waals surface area contributed by atoms with Crippen LogP contribution in [0.2, 0.25) is 10.0 Å². The highest BCUT2D eigenvalue weighted by Gasteiger charge is 2.32. The van der Waals surface area contributed by atoms with Crippen molar-refractivity contribution in [2.45, 2.75) is 45.1 Å². The van der Waals surface area contributed by atoms with Gasteiger partial charge in [-0.1, -0.05) is 49.4 Å². The molecule has 1 amide bonds. The van der Waals surface area contributed by atoms with Gasteiger partial charge in [0.1, 0.15) is 6.10 Å². The molecule has 2 rings (SSSR count). The third-order valence-electron chi connectivity index (χ3n) is 3.47. The van der Waals surface area contributed by atoms with Gasteiger partial charge in [-0.15, -0.1) is 0 Å². The molecule has 20 heavy (non-hydrogen) atoms. The smallest absolute Gasteiger partial charge is 0.414 e. The SMILES string of the molecule is CCCCCCC1CN(c2ccc(Cl)c(Cl)c2)C(=O)O1. The molecule has 0 aromatic heterocycles. The second kappa shape index (κ2) is 7.19. The van der Waals surface area contributed by atoms with E-state index in [0.717, 1.165) is 18.5 Å². The van der Waals surface area contributed by atoms with Crippen molar-refractivity contribution in [2.75, 3.05) is 11.4 Å². The number of hydrogen-bond acceptors (Lipinski definition) is 2. The van der Waals surface area contributed by atoms with E-state index in [0.29, 0.717) is 16.6 Å². The fourth-order valence-corrected chi connectivity index (χ4v) is 2.63. The second-order valence-corrected chi connectivity index (χ2v) is 5.88. The topological polar surface area (TPSA) is 29.5 Å². The lowest BCUT2D eigenvalue weighted by Gasteiger charge is -2.13. The zero-order valence-corrected chi connectivity index (χ0v) is 13.1. The molecule has 0 aliphatic carbocycles. The Labute approximate surface area is 129 Å². The Morgan fingerprint density at radius 1 is 1.25 bits per heavy atom. The summed E-state index contributed by atoms with van der Waals surface area (Å²) < 4.78 is 5.39. The average molecular weight is 316 g/mol. The quantitative estimate of drug-likeness (QED) is 0.667. The molecule has 0 spiro atoms. The van der Waals surface area contributed by atoms with E-state index >= 15 is 0 Å². The van der Waals surface area contributed by atoms with Crippen molar-refractivity contribution < 1.29 is 9.53 Å². The van der Waals surface area contributed by atoms with E-state index in [1.807, 2.05) is 0 Å². The number of halogens is 2. The van der Waals surface area contributed by atoms with Crippen LogP contribution in [-0.2, 0) is 4.74 Å². The van der Waals surface area contributed by atoms with Gasteiger partial charge in [-0.3, -0.25) is 4.90 Å². The lowest BCUT2D eigenvalue weighted by atomic mass is 10.1. The van der Waals surface area contributed by atoms with Crippen LogP contribution >= 0.6 is 23.2 Å². The van der Waals surface area contributed by atoms with Crippen LogP contribution in [-0.4, -0.2) is 18.7 Å². The van der Waals surface area contributed by atoms with E-state index in [2.05, 4.69) is 6.92 Å². The Kier molecular flexibility index (Phi) is 5.55. The molecular weight excluding hydrogens is 297 g/mol. The lowest BCUT2D eigenvalue weighted by Crippen LogP contribution is -2.24. The van der Waals surface area contributed by atoms with Gasteiger partial charge in [-0.25, -0.2) is 4.79 Å². The molecule has 0 radical (unpaired) electrons. The summed E-state index contributed by atoms with van der Waals surface area (Å²) in [6, 6.07) is 5.18. The monoisotopic (exact) mass is 315 g/mol. The Balaban J connectivity index is 1.93. The zero-order chi connectivity index (χ0) is 14.5. The lowest BCUT2D eigenvalue weighted by molar-refractivity contribution is 0.135. The molecule has 1 unspecified atom stereocenters. The minimum absolute atomic E-state index is 0.0196. The first-order chi connectivity index (χ1) is 9.61. The van der Waals surface area contributed by atoms with E-state index in [4.69, 9.17) is 27.9 Å². The fraction of sp³-hybridized carbons (Fsp3) is 0.533. The minimum atomic E-state index is -0.302. The fourth-order valence-electron chi connectivity index (χ4n) is 2.33. The van der Waals surface area contributed by atoms with Crippen molar-refractivity contribution in [1.29, 1.82) is 0 Å². The number of unbranched alkanes of at least 4 members (excludes halogenated alkanes) is 3. The minimum Gasteiger partial charge on any atom is -0.444 e. The molecule has 0 saturated carbocycles. The van der Waals surface area contributed by atoms with Gasteiger partial charge >= 0.3 is 6.09 Å². The third-order valence-corrected chi connectivity index (χ3v) is 4.21. The Bertz CT molecular complexity index is 479. The summed E-state index contributed by atoms with van der Waals surface area (Å²) in [6.45, 7) is 2.77. The van der Waals surface area contributed by atoms with Gasteiger partial charge in [-0.2, -0.15) is 0 Å². The number of nitrogens with zero attached hydrogens (tertiary/aromatic N) is 1. The summed E-state index contributed by atoms with van der Waals surface area (Å²) in [4.78, 5) is 13.5. The number of ether oxygens (including phenoxy) is 1. The van der Waals surface area contributed by atoms with Gasteiger partial charge in [-0.05, 0) is 31.0 Å². The molecule has 1 fully saturated rings. The van der Waals surface area contributed by atoms with E-state index in [9.17, 15) is 4.79 Å². The Hall–Kier alpha value is -0.930. The van der Waals surface area contributed by atoms with Crippen LogP contribution in [0.15, 0.2) is 18.2 Å². The van der Waals surface area contributed by atoms with Crippen molar-refractivity contribution in [2.24, 2.45) is 0 Å². The summed E-state index contributed by atoms with van der Waals surface area (Å²) in [5.41, 5.74) is 0.737. The predicted octanol–water partition coefficient (Wildman–Crippen LogP) is 5.29. The Morgan fingerprint density at radius 2 is 2.05 bits per heavy atom. The molecule has 110 valence electrons. The molecule has 5 heteroatoms. The molecule has 0 N–H and O–H groups in total. The molecule has 1 saturated heterocycles. The molecule has 0 bridgehead atoms. The first kappa shape index (κ1) is 15.5. The first-order valence-electron chi connectivity index (χ1n) is 7.05. The largest absolute Gasteiger partial charge is 0.444 e. The molecule has 1 heterocycles. The van der Waals surface area contributed by atoms with Gasteiger partial charge < -0.3 is 4.74 Å². The van der Waals surface area contributed by atoms with Crippen molar-refractivity contribution in [3.05, 3.63) is 28.2 Å². The van der Waals surface area contributed by atoms with Gasteiger partial charge in [0.15, 0.2) is 0 Å². The van der Waals surface area contributed by atoms with Gasteiger partial charge in [0.2, 0.25) is 0 Å². The van der Waals surface area contributed by atoms with Crippen molar-refractivity contribution in [1.82, 2.24) is 0 Å². The van der Waals surface area contributed by atoms with Crippen molar-refractivity contribution in [3.8, 4) is 0 Å². The van der Waals surface area contributed by atoms with Crippen molar-refractivity contribution >= 4 is 35.0 Å². The van der Waals surface area contributed by atoms with Crippen LogP contribution in [0.1, 0.15) is 39.0 Å². The van der Waals surface area contributed by atoms with Gasteiger partial charge in [0.25, 0.3) is 0 Å². The number of carbonyl (C=O) groups is 1. The second-order valence-electron chi connectivity index (χ2n) is 5.06. The maximum Gasteiger partial charge on any atom is 0.414 e. The van der Waals surface area contributed by atoms with E-state index in [-0.39, 0.29) is 12.2 Å². The number of cyclic esters (lactones) is 1.